The molecule has 2 aromatic heterocycles. The quantitative estimate of drug-likeness (QED) is 0.484. The lowest BCUT2D eigenvalue weighted by Crippen LogP contribution is -2.31. The molecule has 0 unspecified atom stereocenters. The Morgan fingerprint density at radius 3 is 2.87 bits per heavy atom. The summed E-state index contributed by atoms with van der Waals surface area (Å²) in [7, 11) is 0. The Hall–Kier alpha value is -2.22. The van der Waals surface area contributed by atoms with E-state index in [4.69, 9.17) is 17.0 Å². The molecule has 1 N–H and O–H groups in total. The number of hydrogen-bond acceptors (Lipinski definition) is 3. The van der Waals surface area contributed by atoms with E-state index in [2.05, 4.69) is 85.2 Å². The molecule has 5 nitrogen and oxygen atoms in total. The first kappa shape index (κ1) is 20.7. The maximum atomic E-state index is 5.92. The molecule has 5 rings (SSSR count). The van der Waals surface area contributed by atoms with Crippen LogP contribution in [0.2, 0.25) is 0 Å². The van der Waals surface area contributed by atoms with Gasteiger partial charge in [-0.15, -0.1) is 0 Å². The first-order chi connectivity index (χ1) is 15.1. The van der Waals surface area contributed by atoms with Crippen molar-refractivity contribution >= 4 is 38.9 Å². The van der Waals surface area contributed by atoms with Gasteiger partial charge in [-0.25, -0.2) is 0 Å². The summed E-state index contributed by atoms with van der Waals surface area (Å²) >= 11 is 9.48. The van der Waals surface area contributed by atoms with Gasteiger partial charge in [0.05, 0.1) is 17.8 Å². The van der Waals surface area contributed by atoms with E-state index in [1.807, 2.05) is 18.3 Å². The van der Waals surface area contributed by atoms with E-state index < -0.39 is 0 Å². The van der Waals surface area contributed by atoms with Crippen LogP contribution in [0.5, 0.6) is 0 Å². The third-order valence-corrected chi connectivity index (χ3v) is 7.31. The van der Waals surface area contributed by atoms with Crippen molar-refractivity contribution in [3.05, 3.63) is 82.3 Å². The molecule has 1 aromatic carbocycles. The van der Waals surface area contributed by atoms with Crippen LogP contribution < -0.4 is 10.2 Å². The number of benzene rings is 1. The van der Waals surface area contributed by atoms with E-state index in [0.717, 1.165) is 41.8 Å². The average Bonchev–Trinajstić information content (AvgIpc) is 3.52. The summed E-state index contributed by atoms with van der Waals surface area (Å²) in [4.78, 5) is 6.89. The number of hydrogen-bond donors (Lipinski definition) is 1. The fourth-order valence-corrected chi connectivity index (χ4v) is 5.17. The van der Waals surface area contributed by atoms with Crippen LogP contribution in [-0.4, -0.2) is 27.4 Å². The molecule has 4 heterocycles. The number of aryl methyl sites for hydroxylation is 1. The SMILES string of the molecule is Cc1cc(N2C(=S)N[C@@H](c3ccccn3)[C@H]2c2cccn2C[C@@H]2CCCO2)ccc1Br. The van der Waals surface area contributed by atoms with Crippen LogP contribution in [0.3, 0.4) is 0 Å². The first-order valence-electron chi connectivity index (χ1n) is 10.7. The Morgan fingerprint density at radius 2 is 2.13 bits per heavy atom. The standard InChI is InChI=1S/C24H25BrN4OS/c1-16-14-17(9-10-19(16)25)29-23(22(27-24(29)31)20-7-2-3-11-26-20)21-8-4-12-28(21)15-18-6-5-13-30-18/h2-4,7-12,14,18,22-23H,5-6,13,15H2,1H3,(H,27,31)/t18-,22-,23+/m0/s1. The Kier molecular flexibility index (Phi) is 5.82. The molecule has 2 fully saturated rings. The van der Waals surface area contributed by atoms with Gasteiger partial charge in [-0.2, -0.15) is 0 Å². The second-order valence-electron chi connectivity index (χ2n) is 8.15. The molecule has 0 aliphatic carbocycles. The van der Waals surface area contributed by atoms with Crippen LogP contribution in [0.4, 0.5) is 5.69 Å². The van der Waals surface area contributed by atoms with Crippen LogP contribution in [0.15, 0.2) is 65.4 Å². The van der Waals surface area contributed by atoms with Gasteiger partial charge >= 0.3 is 0 Å². The second-order valence-corrected chi connectivity index (χ2v) is 9.39. The smallest absolute Gasteiger partial charge is 0.174 e. The van der Waals surface area contributed by atoms with E-state index in [-0.39, 0.29) is 18.2 Å². The van der Waals surface area contributed by atoms with Gasteiger partial charge in [0.1, 0.15) is 6.04 Å². The number of nitrogens with one attached hydrogen (secondary N) is 1. The van der Waals surface area contributed by atoms with Gasteiger partial charge in [-0.05, 0) is 80.0 Å². The van der Waals surface area contributed by atoms with E-state index in [9.17, 15) is 0 Å². The molecule has 0 radical (unpaired) electrons. The fourth-order valence-electron chi connectivity index (χ4n) is 4.58. The van der Waals surface area contributed by atoms with Crippen molar-refractivity contribution in [3.8, 4) is 0 Å². The van der Waals surface area contributed by atoms with E-state index in [0.29, 0.717) is 5.11 Å². The van der Waals surface area contributed by atoms with Crippen LogP contribution in [0.1, 0.15) is 41.9 Å². The molecule has 0 saturated carbocycles. The molecule has 7 heteroatoms. The molecule has 31 heavy (non-hydrogen) atoms. The van der Waals surface area contributed by atoms with Gasteiger partial charge in [-0.1, -0.05) is 22.0 Å². The zero-order chi connectivity index (χ0) is 21.4. The first-order valence-corrected chi connectivity index (χ1v) is 11.9. The summed E-state index contributed by atoms with van der Waals surface area (Å²) in [5.74, 6) is 0. The largest absolute Gasteiger partial charge is 0.376 e. The molecule has 160 valence electrons. The number of halogens is 1. The molecule has 0 bridgehead atoms. The summed E-state index contributed by atoms with van der Waals surface area (Å²) < 4.78 is 9.34. The molecule has 2 aliphatic heterocycles. The number of rotatable bonds is 5. The van der Waals surface area contributed by atoms with Crippen molar-refractivity contribution < 1.29 is 4.74 Å². The van der Waals surface area contributed by atoms with Crippen molar-refractivity contribution in [2.24, 2.45) is 0 Å². The van der Waals surface area contributed by atoms with E-state index in [1.165, 1.54) is 11.3 Å². The van der Waals surface area contributed by atoms with Crippen LogP contribution in [-0.2, 0) is 11.3 Å². The van der Waals surface area contributed by atoms with Gasteiger partial charge in [-0.3, -0.25) is 4.98 Å². The lowest BCUT2D eigenvalue weighted by Gasteiger charge is -2.29. The van der Waals surface area contributed by atoms with Crippen LogP contribution in [0.25, 0.3) is 0 Å². The van der Waals surface area contributed by atoms with Gasteiger partial charge in [0.2, 0.25) is 0 Å². The molecule has 2 aliphatic rings. The van der Waals surface area contributed by atoms with Crippen LogP contribution in [0, 0.1) is 6.92 Å². The fraction of sp³-hybridized carbons (Fsp3) is 0.333. The zero-order valence-electron chi connectivity index (χ0n) is 17.4. The number of ether oxygens (including phenoxy) is 1. The highest BCUT2D eigenvalue weighted by Crippen LogP contribution is 2.42. The summed E-state index contributed by atoms with van der Waals surface area (Å²) in [5, 5.41) is 4.27. The minimum atomic E-state index is -0.0456. The number of nitrogens with zero attached hydrogens (tertiary/aromatic N) is 3. The number of thiocarbonyl (C=S) groups is 1. The van der Waals surface area contributed by atoms with Gasteiger partial charge < -0.3 is 19.5 Å². The maximum Gasteiger partial charge on any atom is 0.174 e. The van der Waals surface area contributed by atoms with Crippen LogP contribution >= 0.6 is 28.1 Å². The maximum absolute atomic E-state index is 5.92. The summed E-state index contributed by atoms with van der Waals surface area (Å²) in [6.07, 6.45) is 6.51. The van der Waals surface area contributed by atoms with Crippen molar-refractivity contribution in [1.82, 2.24) is 14.9 Å². The summed E-state index contributed by atoms with van der Waals surface area (Å²) in [6.45, 7) is 3.82. The monoisotopic (exact) mass is 496 g/mol. The zero-order valence-corrected chi connectivity index (χ0v) is 19.8. The number of pyridine rings is 1. The van der Waals surface area contributed by atoms with Crippen molar-refractivity contribution in [2.75, 3.05) is 11.5 Å². The molecular formula is C24H25BrN4OS. The molecule has 3 aromatic rings. The molecule has 0 amide bonds. The predicted octanol–water partition coefficient (Wildman–Crippen LogP) is 5.31. The minimum absolute atomic E-state index is 0.0145. The number of anilines is 1. The highest BCUT2D eigenvalue weighted by atomic mass is 79.9. The number of aromatic nitrogens is 2. The van der Waals surface area contributed by atoms with Gasteiger partial charge in [0.15, 0.2) is 5.11 Å². The third kappa shape index (κ3) is 4.02. The topological polar surface area (TPSA) is 42.3 Å². The predicted molar refractivity (Wildman–Crippen MR) is 130 cm³/mol. The Bertz CT molecular complexity index is 1080. The van der Waals surface area contributed by atoms with E-state index >= 15 is 0 Å². The lowest BCUT2D eigenvalue weighted by atomic mass is 10.0. The Labute approximate surface area is 196 Å². The third-order valence-electron chi connectivity index (χ3n) is 6.11. The molecule has 3 atom stereocenters. The molecule has 0 spiro atoms. The second kappa shape index (κ2) is 8.73. The van der Waals surface area contributed by atoms with Crippen molar-refractivity contribution in [1.29, 1.82) is 0 Å². The van der Waals surface area contributed by atoms with Crippen molar-refractivity contribution in [3.63, 3.8) is 0 Å². The van der Waals surface area contributed by atoms with Gasteiger partial charge in [0.25, 0.3) is 0 Å². The summed E-state index contributed by atoms with van der Waals surface area (Å²) in [5.41, 5.74) is 4.44. The molecule has 2 saturated heterocycles. The van der Waals surface area contributed by atoms with Crippen molar-refractivity contribution in [2.45, 2.75) is 44.5 Å². The Balaban J connectivity index is 1.58. The average molecular weight is 497 g/mol. The Morgan fingerprint density at radius 1 is 1.23 bits per heavy atom. The highest BCUT2D eigenvalue weighted by Gasteiger charge is 2.42. The van der Waals surface area contributed by atoms with E-state index in [1.54, 1.807) is 0 Å². The normalized spacial score (nSPS) is 23.4. The minimum Gasteiger partial charge on any atom is -0.376 e. The molecular weight excluding hydrogens is 472 g/mol. The highest BCUT2D eigenvalue weighted by molar-refractivity contribution is 9.10. The lowest BCUT2D eigenvalue weighted by molar-refractivity contribution is 0.0961. The van der Waals surface area contributed by atoms with Gasteiger partial charge in [0, 0.05) is 41.4 Å². The summed E-state index contributed by atoms with van der Waals surface area (Å²) in [6, 6.07) is 16.7.